The van der Waals surface area contributed by atoms with E-state index in [2.05, 4.69) is 9.97 Å². The number of thioether (sulfide) groups is 1. The Morgan fingerprint density at radius 2 is 1.94 bits per heavy atom. The fourth-order valence-electron chi connectivity index (χ4n) is 4.55. The maximum atomic E-state index is 14.4. The van der Waals surface area contributed by atoms with Crippen molar-refractivity contribution >= 4 is 17.9 Å². The first kappa shape index (κ1) is 22.4. The van der Waals surface area contributed by atoms with Gasteiger partial charge in [-0.25, -0.2) is 19.2 Å². The SMILES string of the molecule is CSc1ccc(-c2cnc(OCC3C4COCC3CN(C(=O)OC3(C)CC3)C4)nc2)c(F)c1. The second-order valence-electron chi connectivity index (χ2n) is 9.36. The van der Waals surface area contributed by atoms with Crippen LogP contribution >= 0.6 is 11.8 Å². The van der Waals surface area contributed by atoms with Gasteiger partial charge in [0.15, 0.2) is 0 Å². The normalized spacial score (nSPS) is 25.4. The van der Waals surface area contributed by atoms with Gasteiger partial charge in [-0.15, -0.1) is 11.8 Å². The molecule has 3 aliphatic rings. The van der Waals surface area contributed by atoms with Crippen molar-refractivity contribution in [3.05, 3.63) is 36.4 Å². The summed E-state index contributed by atoms with van der Waals surface area (Å²) in [6.45, 7) is 4.83. The van der Waals surface area contributed by atoms with E-state index in [1.54, 1.807) is 18.5 Å². The van der Waals surface area contributed by atoms with Crippen molar-refractivity contribution in [1.29, 1.82) is 0 Å². The Bertz CT molecular complexity index is 1000. The van der Waals surface area contributed by atoms with Crippen LogP contribution in [0.25, 0.3) is 11.1 Å². The van der Waals surface area contributed by atoms with E-state index >= 15 is 0 Å². The van der Waals surface area contributed by atoms with Gasteiger partial charge in [0.2, 0.25) is 0 Å². The maximum absolute atomic E-state index is 14.4. The van der Waals surface area contributed by atoms with Crippen molar-refractivity contribution in [1.82, 2.24) is 14.9 Å². The van der Waals surface area contributed by atoms with Gasteiger partial charge in [0.25, 0.3) is 0 Å². The molecular weight excluding hydrogens is 445 g/mol. The van der Waals surface area contributed by atoms with Crippen molar-refractivity contribution in [3.8, 4) is 17.1 Å². The molecule has 2 atom stereocenters. The summed E-state index contributed by atoms with van der Waals surface area (Å²) in [5.74, 6) is 0.313. The predicted octanol–water partition coefficient (Wildman–Crippen LogP) is 4.27. The summed E-state index contributed by atoms with van der Waals surface area (Å²) in [7, 11) is 0. The fourth-order valence-corrected chi connectivity index (χ4v) is 4.98. The minimum atomic E-state index is -0.298. The van der Waals surface area contributed by atoms with Crippen LogP contribution in [0, 0.1) is 23.6 Å². The lowest BCUT2D eigenvalue weighted by Crippen LogP contribution is -2.56. The topological polar surface area (TPSA) is 73.8 Å². The molecule has 0 N–H and O–H groups in total. The van der Waals surface area contributed by atoms with E-state index in [1.807, 2.05) is 24.1 Å². The predicted molar refractivity (Wildman–Crippen MR) is 122 cm³/mol. The van der Waals surface area contributed by atoms with Gasteiger partial charge < -0.3 is 19.1 Å². The standard InChI is InChI=1S/C24H28FN3O4S/c1-24(5-6-24)32-23(29)28-10-16-12-30-13-17(11-28)20(16)14-31-22-26-8-15(9-27-22)19-4-3-18(33-2)7-21(19)25/h3-4,7-9,16-17,20H,5-6,10-14H2,1-2H3. The summed E-state index contributed by atoms with van der Waals surface area (Å²) in [6.07, 6.45) is 6.73. The van der Waals surface area contributed by atoms with Gasteiger partial charge in [0.05, 0.1) is 19.8 Å². The van der Waals surface area contributed by atoms with Crippen LogP contribution in [0.1, 0.15) is 19.8 Å². The molecule has 1 amide bonds. The Morgan fingerprint density at radius 1 is 1.24 bits per heavy atom. The molecule has 1 aromatic carbocycles. The molecule has 0 spiro atoms. The Balaban J connectivity index is 1.19. The molecule has 1 aromatic heterocycles. The number of aromatic nitrogens is 2. The Hall–Kier alpha value is -2.39. The molecule has 2 unspecified atom stereocenters. The van der Waals surface area contributed by atoms with Crippen molar-refractivity contribution in [2.24, 2.45) is 17.8 Å². The molecule has 1 saturated carbocycles. The Morgan fingerprint density at radius 3 is 2.55 bits per heavy atom. The molecule has 9 heteroatoms. The highest BCUT2D eigenvalue weighted by Crippen LogP contribution is 2.40. The minimum absolute atomic E-state index is 0.181. The monoisotopic (exact) mass is 473 g/mol. The zero-order valence-electron chi connectivity index (χ0n) is 18.8. The smallest absolute Gasteiger partial charge is 0.410 e. The van der Waals surface area contributed by atoms with Crippen LogP contribution in [0.3, 0.4) is 0 Å². The van der Waals surface area contributed by atoms with Crippen molar-refractivity contribution in [3.63, 3.8) is 0 Å². The van der Waals surface area contributed by atoms with E-state index in [9.17, 15) is 9.18 Å². The largest absolute Gasteiger partial charge is 0.463 e. The molecule has 33 heavy (non-hydrogen) atoms. The van der Waals surface area contributed by atoms with E-state index in [0.717, 1.165) is 17.7 Å². The number of hydrogen-bond donors (Lipinski definition) is 0. The third-order valence-electron chi connectivity index (χ3n) is 6.85. The molecule has 2 saturated heterocycles. The van der Waals surface area contributed by atoms with E-state index in [1.165, 1.54) is 17.8 Å². The molecule has 5 rings (SSSR count). The molecule has 176 valence electrons. The minimum Gasteiger partial charge on any atom is -0.463 e. The van der Waals surface area contributed by atoms with Gasteiger partial charge in [-0.3, -0.25) is 0 Å². The number of fused-ring (bicyclic) bond motifs is 2. The highest BCUT2D eigenvalue weighted by molar-refractivity contribution is 7.98. The molecule has 2 aliphatic heterocycles. The zero-order valence-corrected chi connectivity index (χ0v) is 19.6. The summed E-state index contributed by atoms with van der Waals surface area (Å²) < 4.78 is 31.7. The number of carbonyl (C=O) groups is 1. The van der Waals surface area contributed by atoms with Crippen LogP contribution in [0.15, 0.2) is 35.5 Å². The number of nitrogens with zero attached hydrogens (tertiary/aromatic N) is 3. The lowest BCUT2D eigenvalue weighted by molar-refractivity contribution is -0.0928. The summed E-state index contributed by atoms with van der Waals surface area (Å²) in [6, 6.07) is 5.39. The van der Waals surface area contributed by atoms with Crippen molar-refractivity contribution in [2.45, 2.75) is 30.3 Å². The number of hydrogen-bond acceptors (Lipinski definition) is 7. The van der Waals surface area contributed by atoms with Crippen molar-refractivity contribution < 1.29 is 23.4 Å². The van der Waals surface area contributed by atoms with Crippen molar-refractivity contribution in [2.75, 3.05) is 39.2 Å². The lowest BCUT2D eigenvalue weighted by atomic mass is 9.77. The molecule has 2 bridgehead atoms. The number of benzene rings is 1. The maximum Gasteiger partial charge on any atom is 0.410 e. The van der Waals surface area contributed by atoms with Gasteiger partial charge >= 0.3 is 12.1 Å². The number of halogens is 1. The number of likely N-dealkylation sites (tertiary alicyclic amines) is 1. The third kappa shape index (κ3) is 4.94. The van der Waals surface area contributed by atoms with Crippen LogP contribution in [0.4, 0.5) is 9.18 Å². The van der Waals surface area contributed by atoms with Gasteiger partial charge in [-0.2, -0.15) is 0 Å². The van der Waals surface area contributed by atoms with Gasteiger partial charge in [0, 0.05) is 59.3 Å². The van der Waals surface area contributed by atoms with Crippen LogP contribution in [-0.4, -0.2) is 65.7 Å². The van der Waals surface area contributed by atoms with E-state index in [4.69, 9.17) is 14.2 Å². The van der Waals surface area contributed by atoms with Gasteiger partial charge in [0.1, 0.15) is 11.4 Å². The van der Waals surface area contributed by atoms with Gasteiger partial charge in [-0.05, 0) is 38.2 Å². The lowest BCUT2D eigenvalue weighted by Gasteiger charge is -2.46. The highest BCUT2D eigenvalue weighted by atomic mass is 32.2. The second kappa shape index (κ2) is 9.10. The molecule has 7 nitrogen and oxygen atoms in total. The van der Waals surface area contributed by atoms with Crippen LogP contribution in [0.2, 0.25) is 0 Å². The van der Waals surface area contributed by atoms with Crippen LogP contribution in [0.5, 0.6) is 6.01 Å². The van der Waals surface area contributed by atoms with Gasteiger partial charge in [-0.1, -0.05) is 6.07 Å². The highest BCUT2D eigenvalue weighted by Gasteiger charge is 2.46. The van der Waals surface area contributed by atoms with E-state index in [-0.39, 0.29) is 41.3 Å². The molecule has 0 radical (unpaired) electrons. The first-order valence-electron chi connectivity index (χ1n) is 11.3. The Labute approximate surface area is 197 Å². The quantitative estimate of drug-likeness (QED) is 0.580. The first-order chi connectivity index (χ1) is 15.9. The zero-order chi connectivity index (χ0) is 23.0. The number of carbonyl (C=O) groups excluding carboxylic acids is 1. The summed E-state index contributed by atoms with van der Waals surface area (Å²) in [5.41, 5.74) is 0.797. The van der Waals surface area contributed by atoms with E-state index < -0.39 is 0 Å². The number of ether oxygens (including phenoxy) is 3. The molecular formula is C24H28FN3O4S. The number of amides is 1. The Kier molecular flexibility index (Phi) is 6.18. The summed E-state index contributed by atoms with van der Waals surface area (Å²) in [4.78, 5) is 23.8. The first-order valence-corrected chi connectivity index (χ1v) is 12.5. The van der Waals surface area contributed by atoms with Crippen LogP contribution < -0.4 is 4.74 Å². The summed E-state index contributed by atoms with van der Waals surface area (Å²) >= 11 is 1.49. The third-order valence-corrected chi connectivity index (χ3v) is 7.58. The average Bonchev–Trinajstić information content (AvgIpc) is 3.53. The molecule has 2 aromatic rings. The summed E-state index contributed by atoms with van der Waals surface area (Å²) in [5, 5.41) is 0. The van der Waals surface area contributed by atoms with Crippen LogP contribution in [-0.2, 0) is 9.47 Å². The fraction of sp³-hybridized carbons (Fsp3) is 0.542. The average molecular weight is 474 g/mol. The second-order valence-corrected chi connectivity index (χ2v) is 10.2. The molecule has 3 heterocycles. The number of rotatable bonds is 6. The molecule has 1 aliphatic carbocycles. The molecule has 3 fully saturated rings. The van der Waals surface area contributed by atoms with E-state index in [0.29, 0.717) is 44.0 Å². The number of piperidine rings is 1.